The lowest BCUT2D eigenvalue weighted by molar-refractivity contribution is -0.135. The van der Waals surface area contributed by atoms with Crippen LogP contribution in [0.25, 0.3) is 0 Å². The summed E-state index contributed by atoms with van der Waals surface area (Å²) in [5.41, 5.74) is 6.18. The standard InChI is InChI=1S/C16H24N2O3.ClH/c1-16(2,15(19)18-8-7-12(17)10-18)11-5-6-13(20-3)14(9-11)21-4;/h5-6,9,12H,7-8,10,17H2,1-4H3;1H/t12-;/m1./s1. The second-order valence-corrected chi connectivity index (χ2v) is 5.99. The number of nitrogens with zero attached hydrogens (tertiary/aromatic N) is 1. The molecule has 1 atom stereocenters. The fraction of sp³-hybridized carbons (Fsp3) is 0.562. The van der Waals surface area contributed by atoms with Crippen LogP contribution in [0.1, 0.15) is 25.8 Å². The number of nitrogens with two attached hydrogens (primary N) is 1. The van der Waals surface area contributed by atoms with Crippen molar-refractivity contribution in [3.8, 4) is 11.5 Å². The highest BCUT2D eigenvalue weighted by molar-refractivity contribution is 5.88. The average molecular weight is 329 g/mol. The topological polar surface area (TPSA) is 64.8 Å². The Labute approximate surface area is 138 Å². The maximum Gasteiger partial charge on any atom is 0.232 e. The molecule has 0 bridgehead atoms. The van der Waals surface area contributed by atoms with E-state index in [-0.39, 0.29) is 24.4 Å². The van der Waals surface area contributed by atoms with E-state index in [1.165, 1.54) is 0 Å². The molecule has 1 aliphatic rings. The van der Waals surface area contributed by atoms with Gasteiger partial charge in [0.05, 0.1) is 19.6 Å². The van der Waals surface area contributed by atoms with Gasteiger partial charge in [-0.05, 0) is 38.0 Å². The van der Waals surface area contributed by atoms with Gasteiger partial charge in [0.15, 0.2) is 11.5 Å². The van der Waals surface area contributed by atoms with E-state index in [4.69, 9.17) is 15.2 Å². The van der Waals surface area contributed by atoms with Crippen LogP contribution in [-0.4, -0.2) is 44.2 Å². The number of methoxy groups -OCH3 is 2. The van der Waals surface area contributed by atoms with Crippen LogP contribution in [0.5, 0.6) is 11.5 Å². The highest BCUT2D eigenvalue weighted by atomic mass is 35.5. The number of rotatable bonds is 4. The molecular weight excluding hydrogens is 304 g/mol. The third-order valence-electron chi connectivity index (χ3n) is 4.15. The SMILES string of the molecule is COc1ccc(C(C)(C)C(=O)N2CC[C@@H](N)C2)cc1OC.Cl. The third-order valence-corrected chi connectivity index (χ3v) is 4.15. The molecular formula is C16H25ClN2O3. The minimum Gasteiger partial charge on any atom is -0.493 e. The number of carbonyl (C=O) groups excluding carboxylic acids is 1. The van der Waals surface area contributed by atoms with Crippen LogP contribution in [0.3, 0.4) is 0 Å². The van der Waals surface area contributed by atoms with Crippen LogP contribution in [0.15, 0.2) is 18.2 Å². The Morgan fingerprint density at radius 2 is 1.91 bits per heavy atom. The maximum absolute atomic E-state index is 12.8. The van der Waals surface area contributed by atoms with Crippen molar-refractivity contribution in [3.63, 3.8) is 0 Å². The molecule has 0 aromatic heterocycles. The Morgan fingerprint density at radius 3 is 2.41 bits per heavy atom. The maximum atomic E-state index is 12.8. The summed E-state index contributed by atoms with van der Waals surface area (Å²) in [4.78, 5) is 14.6. The number of halogens is 1. The van der Waals surface area contributed by atoms with Gasteiger partial charge in [0.2, 0.25) is 5.91 Å². The molecule has 1 aromatic carbocycles. The summed E-state index contributed by atoms with van der Waals surface area (Å²) in [6.07, 6.45) is 0.869. The smallest absolute Gasteiger partial charge is 0.232 e. The van der Waals surface area contributed by atoms with E-state index >= 15 is 0 Å². The lowest BCUT2D eigenvalue weighted by atomic mass is 9.83. The largest absolute Gasteiger partial charge is 0.493 e. The molecule has 0 aliphatic carbocycles. The Kier molecular flexibility index (Phi) is 6.08. The Balaban J connectivity index is 0.00000242. The minimum absolute atomic E-state index is 0. The van der Waals surface area contributed by atoms with Crippen molar-refractivity contribution in [1.82, 2.24) is 4.90 Å². The van der Waals surface area contributed by atoms with E-state index in [0.29, 0.717) is 18.0 Å². The van der Waals surface area contributed by atoms with E-state index < -0.39 is 5.41 Å². The van der Waals surface area contributed by atoms with Crippen molar-refractivity contribution in [2.75, 3.05) is 27.3 Å². The molecule has 2 N–H and O–H groups in total. The summed E-state index contributed by atoms with van der Waals surface area (Å²) in [6.45, 7) is 5.23. The van der Waals surface area contributed by atoms with Crippen LogP contribution in [-0.2, 0) is 10.2 Å². The summed E-state index contributed by atoms with van der Waals surface area (Å²) in [6, 6.07) is 5.70. The molecule has 22 heavy (non-hydrogen) atoms. The number of benzene rings is 1. The number of amides is 1. The Bertz CT molecular complexity index is 534. The summed E-state index contributed by atoms with van der Waals surface area (Å²) in [7, 11) is 3.19. The van der Waals surface area contributed by atoms with E-state index in [2.05, 4.69) is 0 Å². The third kappa shape index (κ3) is 3.47. The van der Waals surface area contributed by atoms with Crippen molar-refractivity contribution >= 4 is 18.3 Å². The first-order chi connectivity index (χ1) is 9.90. The quantitative estimate of drug-likeness (QED) is 0.917. The Hall–Kier alpha value is -1.46. The van der Waals surface area contributed by atoms with Crippen molar-refractivity contribution in [1.29, 1.82) is 0 Å². The van der Waals surface area contributed by atoms with E-state index in [9.17, 15) is 4.79 Å². The van der Waals surface area contributed by atoms with Crippen molar-refractivity contribution in [3.05, 3.63) is 23.8 Å². The van der Waals surface area contributed by atoms with E-state index in [1.807, 2.05) is 36.9 Å². The normalized spacial score (nSPS) is 17.9. The van der Waals surface area contributed by atoms with Crippen molar-refractivity contribution < 1.29 is 14.3 Å². The van der Waals surface area contributed by atoms with Gasteiger partial charge in [0.1, 0.15) is 0 Å². The summed E-state index contributed by atoms with van der Waals surface area (Å²) < 4.78 is 10.6. The molecule has 5 nitrogen and oxygen atoms in total. The molecule has 1 heterocycles. The van der Waals surface area contributed by atoms with Crippen LogP contribution in [0.4, 0.5) is 0 Å². The summed E-state index contributed by atoms with van der Waals surface area (Å²) in [5.74, 6) is 1.39. The molecule has 1 aromatic rings. The predicted octanol–water partition coefficient (Wildman–Crippen LogP) is 1.96. The van der Waals surface area contributed by atoms with Crippen LogP contribution in [0, 0.1) is 0 Å². The molecule has 0 saturated carbocycles. The molecule has 0 spiro atoms. The molecule has 1 saturated heterocycles. The fourth-order valence-electron chi connectivity index (χ4n) is 2.72. The Morgan fingerprint density at radius 1 is 1.27 bits per heavy atom. The molecule has 1 amide bonds. The number of hydrogen-bond donors (Lipinski definition) is 1. The van der Waals surface area contributed by atoms with Gasteiger partial charge in [-0.25, -0.2) is 0 Å². The molecule has 1 aliphatic heterocycles. The van der Waals surface area contributed by atoms with Gasteiger partial charge in [-0.1, -0.05) is 6.07 Å². The fourth-order valence-corrected chi connectivity index (χ4v) is 2.72. The number of ether oxygens (including phenoxy) is 2. The monoisotopic (exact) mass is 328 g/mol. The lowest BCUT2D eigenvalue weighted by Crippen LogP contribution is -2.43. The van der Waals surface area contributed by atoms with Gasteiger partial charge in [-0.2, -0.15) is 0 Å². The van der Waals surface area contributed by atoms with Crippen molar-refractivity contribution in [2.45, 2.75) is 31.7 Å². The first-order valence-corrected chi connectivity index (χ1v) is 7.17. The zero-order valence-electron chi connectivity index (χ0n) is 13.6. The zero-order chi connectivity index (χ0) is 15.6. The van der Waals surface area contributed by atoms with Crippen LogP contribution < -0.4 is 15.2 Å². The first-order valence-electron chi connectivity index (χ1n) is 7.17. The molecule has 124 valence electrons. The molecule has 1 fully saturated rings. The number of likely N-dealkylation sites (tertiary alicyclic amines) is 1. The lowest BCUT2D eigenvalue weighted by Gasteiger charge is -2.30. The van der Waals surface area contributed by atoms with Crippen molar-refractivity contribution in [2.24, 2.45) is 5.73 Å². The number of carbonyl (C=O) groups is 1. The molecule has 2 rings (SSSR count). The van der Waals surface area contributed by atoms with Crippen LogP contribution >= 0.6 is 12.4 Å². The van der Waals surface area contributed by atoms with E-state index in [1.54, 1.807) is 14.2 Å². The first kappa shape index (κ1) is 18.6. The number of hydrogen-bond acceptors (Lipinski definition) is 4. The van der Waals surface area contributed by atoms with Gasteiger partial charge in [-0.15, -0.1) is 12.4 Å². The molecule has 0 unspecified atom stereocenters. The van der Waals surface area contributed by atoms with Gasteiger partial charge in [0.25, 0.3) is 0 Å². The molecule has 6 heteroatoms. The highest BCUT2D eigenvalue weighted by Crippen LogP contribution is 2.34. The molecule has 0 radical (unpaired) electrons. The van der Waals surface area contributed by atoms with Gasteiger partial charge in [-0.3, -0.25) is 4.79 Å². The zero-order valence-corrected chi connectivity index (χ0v) is 14.4. The van der Waals surface area contributed by atoms with E-state index in [0.717, 1.165) is 18.5 Å². The second kappa shape index (κ2) is 7.20. The van der Waals surface area contributed by atoms with Gasteiger partial charge < -0.3 is 20.1 Å². The average Bonchev–Trinajstić information content (AvgIpc) is 2.91. The predicted molar refractivity (Wildman–Crippen MR) is 89.0 cm³/mol. The summed E-state index contributed by atoms with van der Waals surface area (Å²) >= 11 is 0. The van der Waals surface area contributed by atoms with Gasteiger partial charge in [0, 0.05) is 19.1 Å². The van der Waals surface area contributed by atoms with Gasteiger partial charge >= 0.3 is 0 Å². The van der Waals surface area contributed by atoms with Crippen LogP contribution in [0.2, 0.25) is 0 Å². The second-order valence-electron chi connectivity index (χ2n) is 5.99. The minimum atomic E-state index is -0.621. The summed E-state index contributed by atoms with van der Waals surface area (Å²) in [5, 5.41) is 0. The highest BCUT2D eigenvalue weighted by Gasteiger charge is 2.36.